The van der Waals surface area contributed by atoms with Crippen LogP contribution in [0.1, 0.15) is 5.56 Å². The summed E-state index contributed by atoms with van der Waals surface area (Å²) in [5, 5.41) is 9.13. The molecule has 2 rings (SSSR count). The van der Waals surface area contributed by atoms with Crippen LogP contribution in [0.5, 0.6) is 0 Å². The molecule has 0 fully saturated rings. The number of halogens is 1. The lowest BCUT2D eigenvalue weighted by Crippen LogP contribution is -2.11. The molecule has 1 atom stereocenters. The second-order valence-electron chi connectivity index (χ2n) is 3.64. The topological polar surface area (TPSA) is 35.0 Å². The van der Waals surface area contributed by atoms with Crippen LogP contribution in [0, 0.1) is 0 Å². The van der Waals surface area contributed by atoms with Crippen LogP contribution in [0.4, 0.5) is 0 Å². The summed E-state index contributed by atoms with van der Waals surface area (Å²) in [6, 6.07) is 7.93. The van der Waals surface area contributed by atoms with Crippen molar-refractivity contribution in [3.8, 4) is 0 Å². The lowest BCUT2D eigenvalue weighted by Gasteiger charge is -2.09. The van der Waals surface area contributed by atoms with Crippen molar-refractivity contribution in [2.45, 2.75) is 11.8 Å². The molecule has 0 saturated heterocycles. The minimum atomic E-state index is -0.0300. The number of hydrogen-bond donors (Lipinski definition) is 0. The van der Waals surface area contributed by atoms with Crippen molar-refractivity contribution in [1.82, 2.24) is 10.2 Å². The molecule has 0 saturated carbocycles. The van der Waals surface area contributed by atoms with Gasteiger partial charge in [0.05, 0.1) is 23.7 Å². The quantitative estimate of drug-likeness (QED) is 0.765. The van der Waals surface area contributed by atoms with Crippen LogP contribution in [-0.4, -0.2) is 29.3 Å². The predicted octanol–water partition coefficient (Wildman–Crippen LogP) is 2.43. The molecule has 0 aliphatic carbocycles. The SMILES string of the molecule is COCC(Cl)Cc1cnnc2ccccc12. The molecule has 16 heavy (non-hydrogen) atoms. The van der Waals surface area contributed by atoms with E-state index in [0.29, 0.717) is 6.61 Å². The molecule has 0 aliphatic heterocycles. The number of rotatable bonds is 4. The molecule has 0 bridgehead atoms. The summed E-state index contributed by atoms with van der Waals surface area (Å²) in [5.41, 5.74) is 2.02. The van der Waals surface area contributed by atoms with Crippen LogP contribution in [0.15, 0.2) is 30.5 Å². The standard InChI is InChI=1S/C12H13ClN2O/c1-16-8-10(13)6-9-7-14-15-12-5-3-2-4-11(9)12/h2-5,7,10H,6,8H2,1H3. The number of hydrogen-bond acceptors (Lipinski definition) is 3. The zero-order chi connectivity index (χ0) is 11.4. The Morgan fingerprint density at radius 2 is 2.19 bits per heavy atom. The Balaban J connectivity index is 2.30. The van der Waals surface area contributed by atoms with E-state index in [1.165, 1.54) is 0 Å². The summed E-state index contributed by atoms with van der Waals surface area (Å²) < 4.78 is 5.02. The van der Waals surface area contributed by atoms with Gasteiger partial charge in [0.25, 0.3) is 0 Å². The molecule has 3 nitrogen and oxygen atoms in total. The Bertz CT molecular complexity index is 470. The lowest BCUT2D eigenvalue weighted by atomic mass is 10.1. The van der Waals surface area contributed by atoms with Crippen molar-refractivity contribution < 1.29 is 4.74 Å². The highest BCUT2D eigenvalue weighted by Crippen LogP contribution is 2.18. The highest BCUT2D eigenvalue weighted by atomic mass is 35.5. The van der Waals surface area contributed by atoms with Crippen molar-refractivity contribution in [2.75, 3.05) is 13.7 Å². The minimum Gasteiger partial charge on any atom is -0.383 e. The summed E-state index contributed by atoms with van der Waals surface area (Å²) in [7, 11) is 1.65. The molecule has 4 heteroatoms. The molecule has 2 aromatic rings. The van der Waals surface area contributed by atoms with Gasteiger partial charge in [-0.1, -0.05) is 18.2 Å². The first-order chi connectivity index (χ1) is 7.81. The minimum absolute atomic E-state index is 0.0300. The fourth-order valence-corrected chi connectivity index (χ4v) is 2.00. The number of fused-ring (bicyclic) bond motifs is 1. The van der Waals surface area contributed by atoms with Gasteiger partial charge in [0.1, 0.15) is 0 Å². The third-order valence-corrected chi connectivity index (χ3v) is 2.70. The predicted molar refractivity (Wildman–Crippen MR) is 64.8 cm³/mol. The van der Waals surface area contributed by atoms with Crippen LogP contribution >= 0.6 is 11.6 Å². The van der Waals surface area contributed by atoms with Crippen molar-refractivity contribution >= 4 is 22.5 Å². The van der Waals surface area contributed by atoms with E-state index >= 15 is 0 Å². The van der Waals surface area contributed by atoms with Crippen LogP contribution in [0.25, 0.3) is 10.9 Å². The van der Waals surface area contributed by atoms with E-state index in [1.807, 2.05) is 24.3 Å². The Kier molecular flexibility index (Phi) is 3.70. The molecule has 1 aromatic carbocycles. The molecular weight excluding hydrogens is 224 g/mol. The van der Waals surface area contributed by atoms with Gasteiger partial charge in [-0.3, -0.25) is 0 Å². The Labute approximate surface area is 99.4 Å². The van der Waals surface area contributed by atoms with E-state index < -0.39 is 0 Å². The first kappa shape index (κ1) is 11.3. The van der Waals surface area contributed by atoms with Crippen LogP contribution in [0.3, 0.4) is 0 Å². The number of alkyl halides is 1. The van der Waals surface area contributed by atoms with E-state index in [4.69, 9.17) is 16.3 Å². The Hall–Kier alpha value is -1.19. The number of ether oxygens (including phenoxy) is 1. The van der Waals surface area contributed by atoms with E-state index in [2.05, 4.69) is 10.2 Å². The largest absolute Gasteiger partial charge is 0.383 e. The number of methoxy groups -OCH3 is 1. The molecule has 0 spiro atoms. The molecule has 1 aromatic heterocycles. The maximum Gasteiger partial charge on any atom is 0.0932 e. The van der Waals surface area contributed by atoms with Crippen LogP contribution in [-0.2, 0) is 11.2 Å². The van der Waals surface area contributed by atoms with Crippen LogP contribution < -0.4 is 0 Å². The van der Waals surface area contributed by atoms with E-state index in [9.17, 15) is 0 Å². The first-order valence-electron chi connectivity index (χ1n) is 5.13. The average Bonchev–Trinajstić information content (AvgIpc) is 2.30. The Morgan fingerprint density at radius 3 is 3.00 bits per heavy atom. The van der Waals surface area contributed by atoms with Gasteiger partial charge in [-0.25, -0.2) is 0 Å². The van der Waals surface area contributed by atoms with Crippen molar-refractivity contribution in [3.05, 3.63) is 36.0 Å². The summed E-state index contributed by atoms with van der Waals surface area (Å²) in [6.45, 7) is 0.540. The van der Waals surface area contributed by atoms with E-state index in [0.717, 1.165) is 22.9 Å². The summed E-state index contributed by atoms with van der Waals surface area (Å²) in [5.74, 6) is 0. The molecule has 0 N–H and O–H groups in total. The summed E-state index contributed by atoms with van der Waals surface area (Å²) in [6.07, 6.45) is 2.51. The molecule has 1 heterocycles. The highest BCUT2D eigenvalue weighted by molar-refractivity contribution is 6.20. The number of aromatic nitrogens is 2. The van der Waals surface area contributed by atoms with Gasteiger partial charge in [-0.15, -0.1) is 11.6 Å². The molecular formula is C12H13ClN2O. The van der Waals surface area contributed by atoms with Gasteiger partial charge in [0, 0.05) is 12.5 Å². The number of benzene rings is 1. The monoisotopic (exact) mass is 236 g/mol. The van der Waals surface area contributed by atoms with E-state index in [-0.39, 0.29) is 5.38 Å². The molecule has 0 radical (unpaired) electrons. The summed E-state index contributed by atoms with van der Waals surface area (Å²) in [4.78, 5) is 0. The first-order valence-corrected chi connectivity index (χ1v) is 5.57. The summed E-state index contributed by atoms with van der Waals surface area (Å²) >= 11 is 6.14. The van der Waals surface area contributed by atoms with Crippen molar-refractivity contribution in [3.63, 3.8) is 0 Å². The van der Waals surface area contributed by atoms with Crippen molar-refractivity contribution in [2.24, 2.45) is 0 Å². The van der Waals surface area contributed by atoms with Gasteiger partial charge in [0.2, 0.25) is 0 Å². The second kappa shape index (κ2) is 5.23. The highest BCUT2D eigenvalue weighted by Gasteiger charge is 2.09. The number of nitrogens with zero attached hydrogens (tertiary/aromatic N) is 2. The second-order valence-corrected chi connectivity index (χ2v) is 4.26. The lowest BCUT2D eigenvalue weighted by molar-refractivity contribution is 0.198. The smallest absolute Gasteiger partial charge is 0.0932 e. The zero-order valence-electron chi connectivity index (χ0n) is 9.06. The van der Waals surface area contributed by atoms with Gasteiger partial charge in [0.15, 0.2) is 0 Å². The fraction of sp³-hybridized carbons (Fsp3) is 0.333. The van der Waals surface area contributed by atoms with Crippen LogP contribution in [0.2, 0.25) is 0 Å². The normalized spacial score (nSPS) is 12.9. The van der Waals surface area contributed by atoms with Crippen molar-refractivity contribution in [1.29, 1.82) is 0 Å². The van der Waals surface area contributed by atoms with E-state index in [1.54, 1.807) is 13.3 Å². The fourth-order valence-electron chi connectivity index (χ4n) is 1.70. The molecule has 84 valence electrons. The van der Waals surface area contributed by atoms with Gasteiger partial charge >= 0.3 is 0 Å². The maximum absolute atomic E-state index is 6.14. The Morgan fingerprint density at radius 1 is 1.38 bits per heavy atom. The molecule has 0 aliphatic rings. The van der Waals surface area contributed by atoms with Gasteiger partial charge in [-0.05, 0) is 18.1 Å². The molecule has 0 amide bonds. The zero-order valence-corrected chi connectivity index (χ0v) is 9.81. The third kappa shape index (κ3) is 2.49. The molecule has 1 unspecified atom stereocenters. The maximum atomic E-state index is 6.14. The third-order valence-electron chi connectivity index (χ3n) is 2.42. The van der Waals surface area contributed by atoms with Gasteiger partial charge in [-0.2, -0.15) is 10.2 Å². The average molecular weight is 237 g/mol. The van der Waals surface area contributed by atoms with Gasteiger partial charge < -0.3 is 4.74 Å².